The standard InChI is InChI=1S/C19H25NO4/c1-18(22)14(21)9-11-12-8-10-4-5-13(23-3)16-15(10)19(11,17(18)24-16)6-7-20(12)2/h4-5,11-12,14,17,21-22H,6-9H2,1-3H3/t11-,12+,14+,17-,18-,19-/m1/s1. The number of piperidine rings is 1. The Kier molecular flexibility index (Phi) is 2.78. The van der Waals surface area contributed by atoms with Crippen molar-refractivity contribution >= 4 is 0 Å². The zero-order valence-electron chi connectivity index (χ0n) is 14.5. The first-order valence-corrected chi connectivity index (χ1v) is 8.89. The van der Waals surface area contributed by atoms with Crippen molar-refractivity contribution in [3.63, 3.8) is 0 Å². The summed E-state index contributed by atoms with van der Waals surface area (Å²) >= 11 is 0. The molecule has 5 rings (SSSR count). The lowest BCUT2D eigenvalue weighted by molar-refractivity contribution is -0.202. The molecule has 0 amide bonds. The highest BCUT2D eigenvalue weighted by molar-refractivity contribution is 5.61. The fraction of sp³-hybridized carbons (Fsp3) is 0.684. The Bertz CT molecular complexity index is 718. The van der Waals surface area contributed by atoms with Crippen molar-refractivity contribution in [2.75, 3.05) is 20.7 Å². The van der Waals surface area contributed by atoms with Crippen molar-refractivity contribution in [1.82, 2.24) is 4.90 Å². The van der Waals surface area contributed by atoms with Gasteiger partial charge in [-0.3, -0.25) is 0 Å². The maximum Gasteiger partial charge on any atom is 0.165 e. The van der Waals surface area contributed by atoms with Crippen LogP contribution in [0.15, 0.2) is 12.1 Å². The van der Waals surface area contributed by atoms with Gasteiger partial charge in [-0.1, -0.05) is 6.07 Å². The number of likely N-dealkylation sites (tertiary alicyclic amines) is 1. The summed E-state index contributed by atoms with van der Waals surface area (Å²) in [6.45, 7) is 2.72. The van der Waals surface area contributed by atoms with E-state index in [1.165, 1.54) is 11.1 Å². The number of benzene rings is 1. The van der Waals surface area contributed by atoms with Crippen molar-refractivity contribution < 1.29 is 19.7 Å². The zero-order valence-corrected chi connectivity index (χ0v) is 14.5. The van der Waals surface area contributed by atoms with Crippen LogP contribution in [0.3, 0.4) is 0 Å². The SMILES string of the molecule is COc1ccc2c3c1O[C@@H]1[C@](C)(O)[C@@H](O)C[C@@H]4[C@H](C2)N(C)CC[C@]341. The maximum absolute atomic E-state index is 11.1. The molecule has 1 aromatic carbocycles. The van der Waals surface area contributed by atoms with Crippen LogP contribution in [0.2, 0.25) is 0 Å². The molecule has 2 aliphatic heterocycles. The average Bonchev–Trinajstić information content (AvgIpc) is 2.90. The largest absolute Gasteiger partial charge is 0.493 e. The summed E-state index contributed by atoms with van der Waals surface area (Å²) in [6, 6.07) is 4.53. The number of nitrogens with zero attached hydrogens (tertiary/aromatic N) is 1. The van der Waals surface area contributed by atoms with Gasteiger partial charge in [0.15, 0.2) is 11.5 Å². The lowest BCUT2D eigenvalue weighted by atomic mass is 9.49. The fourth-order valence-corrected chi connectivity index (χ4v) is 6.10. The first-order chi connectivity index (χ1) is 11.4. The molecule has 2 aliphatic carbocycles. The summed E-state index contributed by atoms with van der Waals surface area (Å²) in [4.78, 5) is 2.42. The highest BCUT2D eigenvalue weighted by Crippen LogP contribution is 2.65. The third-order valence-electron chi connectivity index (χ3n) is 7.28. The van der Waals surface area contributed by atoms with E-state index in [1.807, 2.05) is 6.07 Å². The summed E-state index contributed by atoms with van der Waals surface area (Å²) in [5, 5.41) is 21.8. The van der Waals surface area contributed by atoms with Crippen molar-refractivity contribution in [2.24, 2.45) is 5.92 Å². The molecule has 6 atom stereocenters. The van der Waals surface area contributed by atoms with Crippen molar-refractivity contribution in [1.29, 1.82) is 0 Å². The monoisotopic (exact) mass is 331 g/mol. The topological polar surface area (TPSA) is 62.2 Å². The molecule has 24 heavy (non-hydrogen) atoms. The molecule has 2 heterocycles. The predicted molar refractivity (Wildman–Crippen MR) is 88.6 cm³/mol. The fourth-order valence-electron chi connectivity index (χ4n) is 6.10. The Balaban J connectivity index is 1.81. The Morgan fingerprint density at radius 2 is 2.17 bits per heavy atom. The minimum absolute atomic E-state index is 0.211. The second-order valence-corrected chi connectivity index (χ2v) is 8.26. The normalized spacial score (nSPS) is 45.5. The van der Waals surface area contributed by atoms with Gasteiger partial charge in [-0.05, 0) is 57.3 Å². The quantitative estimate of drug-likeness (QED) is 0.806. The number of likely N-dealkylation sites (N-methyl/N-ethyl adjacent to an activating group) is 1. The molecule has 2 N–H and O–H groups in total. The summed E-state index contributed by atoms with van der Waals surface area (Å²) in [6.07, 6.45) is 1.36. The van der Waals surface area contributed by atoms with E-state index in [2.05, 4.69) is 18.0 Å². The number of hydrogen-bond acceptors (Lipinski definition) is 5. The van der Waals surface area contributed by atoms with E-state index in [0.29, 0.717) is 18.4 Å². The van der Waals surface area contributed by atoms with Crippen LogP contribution in [0.4, 0.5) is 0 Å². The Labute approximate surface area is 142 Å². The zero-order chi connectivity index (χ0) is 16.9. The molecule has 4 aliphatic rings. The molecule has 5 nitrogen and oxygen atoms in total. The van der Waals surface area contributed by atoms with Crippen molar-refractivity contribution in [3.05, 3.63) is 23.3 Å². The van der Waals surface area contributed by atoms with Gasteiger partial charge in [0.2, 0.25) is 0 Å². The molecular formula is C19H25NO4. The van der Waals surface area contributed by atoms with Crippen LogP contribution in [-0.2, 0) is 11.8 Å². The third-order valence-corrected chi connectivity index (χ3v) is 7.28. The molecule has 1 saturated heterocycles. The van der Waals surface area contributed by atoms with Crippen molar-refractivity contribution in [3.8, 4) is 11.5 Å². The van der Waals surface area contributed by atoms with Gasteiger partial charge in [-0.2, -0.15) is 0 Å². The van der Waals surface area contributed by atoms with E-state index in [0.717, 1.165) is 30.9 Å². The number of rotatable bonds is 1. The molecule has 130 valence electrons. The molecule has 2 fully saturated rings. The van der Waals surface area contributed by atoms with Crippen LogP contribution in [0, 0.1) is 5.92 Å². The summed E-state index contributed by atoms with van der Waals surface area (Å²) in [7, 11) is 3.84. The predicted octanol–water partition coefficient (Wildman–Crippen LogP) is 1.09. The molecule has 1 aromatic rings. The van der Waals surface area contributed by atoms with Crippen LogP contribution >= 0.6 is 0 Å². The molecule has 0 radical (unpaired) electrons. The van der Waals surface area contributed by atoms with E-state index in [9.17, 15) is 10.2 Å². The van der Waals surface area contributed by atoms with E-state index < -0.39 is 17.8 Å². The first-order valence-electron chi connectivity index (χ1n) is 8.89. The third kappa shape index (κ3) is 1.48. The lowest BCUT2D eigenvalue weighted by Gasteiger charge is -2.61. The number of hydrogen-bond donors (Lipinski definition) is 2. The summed E-state index contributed by atoms with van der Waals surface area (Å²) < 4.78 is 11.9. The second-order valence-electron chi connectivity index (χ2n) is 8.26. The van der Waals surface area contributed by atoms with E-state index in [1.54, 1.807) is 14.0 Å². The Morgan fingerprint density at radius 1 is 1.38 bits per heavy atom. The van der Waals surface area contributed by atoms with Gasteiger partial charge in [0, 0.05) is 17.0 Å². The number of ether oxygens (including phenoxy) is 2. The molecule has 1 spiro atoms. The van der Waals surface area contributed by atoms with E-state index in [-0.39, 0.29) is 5.41 Å². The summed E-state index contributed by atoms with van der Waals surface area (Å²) in [5.41, 5.74) is 1.09. The van der Waals surface area contributed by atoms with Gasteiger partial charge in [-0.25, -0.2) is 0 Å². The number of aliphatic hydroxyl groups excluding tert-OH is 1. The minimum atomic E-state index is -1.25. The molecular weight excluding hydrogens is 306 g/mol. The molecule has 5 heteroatoms. The van der Waals surface area contributed by atoms with Gasteiger partial charge in [0.1, 0.15) is 11.7 Å². The number of methoxy groups -OCH3 is 1. The van der Waals surface area contributed by atoms with Gasteiger partial charge in [0.25, 0.3) is 0 Å². The van der Waals surface area contributed by atoms with Crippen LogP contribution in [0.5, 0.6) is 11.5 Å². The highest BCUT2D eigenvalue weighted by atomic mass is 16.5. The average molecular weight is 331 g/mol. The summed E-state index contributed by atoms with van der Waals surface area (Å²) in [5.74, 6) is 1.83. The van der Waals surface area contributed by atoms with E-state index >= 15 is 0 Å². The Morgan fingerprint density at radius 3 is 2.92 bits per heavy atom. The van der Waals surface area contributed by atoms with Gasteiger partial charge < -0.3 is 24.6 Å². The number of aliphatic hydroxyl groups is 2. The minimum Gasteiger partial charge on any atom is -0.493 e. The molecule has 2 bridgehead atoms. The highest BCUT2D eigenvalue weighted by Gasteiger charge is 2.70. The van der Waals surface area contributed by atoms with Crippen LogP contribution < -0.4 is 9.47 Å². The molecule has 0 aromatic heterocycles. The second kappa shape index (κ2) is 4.45. The smallest absolute Gasteiger partial charge is 0.165 e. The van der Waals surface area contributed by atoms with Gasteiger partial charge >= 0.3 is 0 Å². The van der Waals surface area contributed by atoms with Crippen LogP contribution in [0.25, 0.3) is 0 Å². The van der Waals surface area contributed by atoms with Crippen molar-refractivity contribution in [2.45, 2.75) is 55.5 Å². The van der Waals surface area contributed by atoms with Crippen LogP contribution in [-0.4, -0.2) is 59.7 Å². The lowest BCUT2D eigenvalue weighted by Crippen LogP contribution is -2.72. The first kappa shape index (κ1) is 15.0. The van der Waals surface area contributed by atoms with Crippen LogP contribution in [0.1, 0.15) is 30.9 Å². The van der Waals surface area contributed by atoms with Gasteiger partial charge in [-0.15, -0.1) is 0 Å². The van der Waals surface area contributed by atoms with Gasteiger partial charge in [0.05, 0.1) is 13.2 Å². The maximum atomic E-state index is 11.1. The Hall–Kier alpha value is -1.30. The molecule has 0 unspecified atom stereocenters. The van der Waals surface area contributed by atoms with E-state index in [4.69, 9.17) is 9.47 Å². The molecule has 1 saturated carbocycles.